The van der Waals surface area contributed by atoms with Crippen LogP contribution in [-0.2, 0) is 4.79 Å². The minimum Gasteiger partial charge on any atom is -0.306 e. The predicted octanol–water partition coefficient (Wildman–Crippen LogP) is 2.14. The van der Waals surface area contributed by atoms with Gasteiger partial charge in [-0.25, -0.2) is 4.98 Å². The molecule has 0 radical (unpaired) electrons. The number of rotatable bonds is 4. The predicted molar refractivity (Wildman–Crippen MR) is 86.4 cm³/mol. The average molecular weight is 305 g/mol. The minimum atomic E-state index is 0.0906. The molecule has 1 saturated heterocycles. The van der Waals surface area contributed by atoms with E-state index in [1.165, 1.54) is 11.9 Å². The van der Waals surface area contributed by atoms with Crippen LogP contribution in [0.5, 0.6) is 0 Å². The van der Waals surface area contributed by atoms with Crippen LogP contribution < -0.4 is 0 Å². The Bertz CT molecular complexity index is 492. The number of likely N-dealkylation sites (tertiary alicyclic amines) is 1. The highest BCUT2D eigenvalue weighted by atomic mass is 32.1. The van der Waals surface area contributed by atoms with Crippen molar-refractivity contribution in [3.05, 3.63) is 22.7 Å². The van der Waals surface area contributed by atoms with Crippen molar-refractivity contribution in [1.29, 1.82) is 0 Å². The van der Waals surface area contributed by atoms with Crippen molar-refractivity contribution in [2.75, 3.05) is 33.2 Å². The lowest BCUT2D eigenvalue weighted by atomic mass is 9.88. The van der Waals surface area contributed by atoms with E-state index >= 15 is 0 Å². The van der Waals surface area contributed by atoms with E-state index in [2.05, 4.69) is 27.9 Å². The van der Waals surface area contributed by atoms with Crippen LogP contribution in [0.3, 0.4) is 0 Å². The number of hydrogen-bond donors (Lipinski definition) is 0. The van der Waals surface area contributed by atoms with Crippen LogP contribution in [0.4, 0.5) is 0 Å². The summed E-state index contributed by atoms with van der Waals surface area (Å²) in [7, 11) is 2.16. The maximum Gasteiger partial charge on any atom is 0.137 e. The van der Waals surface area contributed by atoms with Crippen LogP contribution in [0.2, 0.25) is 0 Å². The summed E-state index contributed by atoms with van der Waals surface area (Å²) >= 11 is 1.70. The number of aromatic nitrogens is 1. The maximum atomic E-state index is 11.6. The number of carbonyl (C=O) groups excluding carboxylic acids is 1. The first-order valence-electron chi connectivity index (χ1n) is 7.74. The molecule has 5 heteroatoms. The zero-order valence-corrected chi connectivity index (χ0v) is 13.4. The van der Waals surface area contributed by atoms with Gasteiger partial charge < -0.3 is 9.69 Å². The van der Waals surface area contributed by atoms with Crippen molar-refractivity contribution in [2.45, 2.75) is 25.3 Å². The molecule has 0 amide bonds. The smallest absolute Gasteiger partial charge is 0.137 e. The van der Waals surface area contributed by atoms with Crippen LogP contribution in [0, 0.1) is 5.92 Å². The summed E-state index contributed by atoms with van der Waals surface area (Å²) in [6, 6.07) is 0.0906. The number of thiazole rings is 1. The topological polar surface area (TPSA) is 36.4 Å². The van der Waals surface area contributed by atoms with Crippen LogP contribution in [0.1, 0.15) is 24.3 Å². The average Bonchev–Trinajstić information content (AvgIpc) is 3.05. The van der Waals surface area contributed by atoms with Gasteiger partial charge in [0, 0.05) is 24.7 Å². The number of carbonyl (C=O) groups is 1. The second kappa shape index (κ2) is 6.81. The van der Waals surface area contributed by atoms with Gasteiger partial charge in [-0.3, -0.25) is 4.90 Å². The van der Waals surface area contributed by atoms with Crippen molar-refractivity contribution in [2.24, 2.45) is 5.92 Å². The summed E-state index contributed by atoms with van der Waals surface area (Å²) in [5.74, 6) is 0.522. The van der Waals surface area contributed by atoms with E-state index in [1.807, 2.05) is 11.6 Å². The van der Waals surface area contributed by atoms with Crippen molar-refractivity contribution in [3.63, 3.8) is 0 Å². The molecule has 1 fully saturated rings. The molecule has 0 N–H and O–H groups in total. The fraction of sp³-hybridized carbons (Fsp3) is 0.625. The lowest BCUT2D eigenvalue weighted by Gasteiger charge is -2.38. The molecule has 2 aliphatic heterocycles. The Labute approximate surface area is 130 Å². The monoisotopic (exact) mass is 305 g/mol. The summed E-state index contributed by atoms with van der Waals surface area (Å²) in [6.07, 6.45) is 8.58. The zero-order chi connectivity index (χ0) is 14.7. The Morgan fingerprint density at radius 1 is 1.38 bits per heavy atom. The number of aldehydes is 1. The molecule has 0 saturated carbocycles. The van der Waals surface area contributed by atoms with Gasteiger partial charge in [0.05, 0.1) is 6.04 Å². The van der Waals surface area contributed by atoms with Gasteiger partial charge in [0.2, 0.25) is 0 Å². The summed E-state index contributed by atoms with van der Waals surface area (Å²) in [6.45, 7) is 4.08. The quantitative estimate of drug-likeness (QED) is 0.799. The summed E-state index contributed by atoms with van der Waals surface area (Å²) in [4.78, 5) is 20.7. The van der Waals surface area contributed by atoms with E-state index in [-0.39, 0.29) is 6.04 Å². The minimum absolute atomic E-state index is 0.0906. The second-order valence-electron chi connectivity index (χ2n) is 6.08. The van der Waals surface area contributed by atoms with Gasteiger partial charge in [0.1, 0.15) is 11.3 Å². The first-order valence-corrected chi connectivity index (χ1v) is 8.62. The lowest BCUT2D eigenvalue weighted by molar-refractivity contribution is -0.114. The molecule has 0 aliphatic carbocycles. The maximum absolute atomic E-state index is 11.6. The Morgan fingerprint density at radius 3 is 2.76 bits per heavy atom. The lowest BCUT2D eigenvalue weighted by Crippen LogP contribution is -2.47. The Balaban J connectivity index is 1.63. The molecule has 0 aromatic carbocycles. The zero-order valence-electron chi connectivity index (χ0n) is 12.6. The fourth-order valence-corrected chi connectivity index (χ4v) is 4.11. The van der Waals surface area contributed by atoms with Crippen molar-refractivity contribution in [1.82, 2.24) is 14.8 Å². The molecule has 0 bridgehead atoms. The molecule has 1 atom stereocenters. The molecule has 1 aromatic rings. The van der Waals surface area contributed by atoms with Crippen LogP contribution >= 0.6 is 11.3 Å². The van der Waals surface area contributed by atoms with Gasteiger partial charge in [-0.2, -0.15) is 0 Å². The largest absolute Gasteiger partial charge is 0.306 e. The summed E-state index contributed by atoms with van der Waals surface area (Å²) < 4.78 is 0. The third-order valence-electron chi connectivity index (χ3n) is 4.75. The first-order chi connectivity index (χ1) is 10.3. The van der Waals surface area contributed by atoms with E-state index in [0.29, 0.717) is 5.92 Å². The van der Waals surface area contributed by atoms with Crippen LogP contribution in [0.25, 0.3) is 5.57 Å². The van der Waals surface area contributed by atoms with Gasteiger partial charge in [-0.15, -0.1) is 11.3 Å². The Hall–Kier alpha value is -1.04. The molecule has 1 aromatic heterocycles. The van der Waals surface area contributed by atoms with Gasteiger partial charge in [0.15, 0.2) is 0 Å². The number of piperidine rings is 1. The highest BCUT2D eigenvalue weighted by molar-refractivity contribution is 7.10. The van der Waals surface area contributed by atoms with Crippen molar-refractivity contribution >= 4 is 23.2 Å². The van der Waals surface area contributed by atoms with E-state index in [9.17, 15) is 4.79 Å². The Kier molecular flexibility index (Phi) is 4.83. The van der Waals surface area contributed by atoms with E-state index < -0.39 is 0 Å². The van der Waals surface area contributed by atoms with E-state index in [4.69, 9.17) is 0 Å². The van der Waals surface area contributed by atoms with Crippen LogP contribution in [0.15, 0.2) is 17.7 Å². The van der Waals surface area contributed by atoms with Gasteiger partial charge in [-0.1, -0.05) is 6.08 Å². The van der Waals surface area contributed by atoms with Gasteiger partial charge in [0.25, 0.3) is 0 Å². The number of nitrogens with zero attached hydrogens (tertiary/aromatic N) is 3. The molecule has 114 valence electrons. The van der Waals surface area contributed by atoms with E-state index in [1.54, 1.807) is 11.3 Å². The molecule has 0 spiro atoms. The first kappa shape index (κ1) is 14.9. The second-order valence-corrected chi connectivity index (χ2v) is 6.97. The van der Waals surface area contributed by atoms with E-state index in [0.717, 1.165) is 50.4 Å². The standard InChI is InChI=1S/C16H23N3OS/c1-18-7-2-13(3-8-18)15(12-20)19-9-4-14(5-10-19)16-17-6-11-21-16/h4,6,11-13,15H,2-3,5,7-10H2,1H3. The third kappa shape index (κ3) is 3.42. The van der Waals surface area contributed by atoms with Crippen molar-refractivity contribution in [3.8, 4) is 0 Å². The summed E-state index contributed by atoms with van der Waals surface area (Å²) in [5, 5.41) is 3.16. The Morgan fingerprint density at radius 2 is 2.19 bits per heavy atom. The fourth-order valence-electron chi connectivity index (χ4n) is 3.40. The molecular formula is C16H23N3OS. The number of hydrogen-bond acceptors (Lipinski definition) is 5. The van der Waals surface area contributed by atoms with Crippen LogP contribution in [-0.4, -0.2) is 60.3 Å². The molecule has 2 aliphatic rings. The van der Waals surface area contributed by atoms with Gasteiger partial charge in [-0.05, 0) is 50.9 Å². The molecule has 4 nitrogen and oxygen atoms in total. The molecule has 1 unspecified atom stereocenters. The molecule has 3 rings (SSSR count). The molecule has 3 heterocycles. The normalized spacial score (nSPS) is 23.8. The molecular weight excluding hydrogens is 282 g/mol. The highest BCUT2D eigenvalue weighted by Gasteiger charge is 2.30. The van der Waals surface area contributed by atoms with Gasteiger partial charge >= 0.3 is 0 Å². The SMILES string of the molecule is CN1CCC(C(C=O)N2CC=C(c3nccs3)CC2)CC1. The van der Waals surface area contributed by atoms with Crippen molar-refractivity contribution < 1.29 is 4.79 Å². The summed E-state index contributed by atoms with van der Waals surface area (Å²) in [5.41, 5.74) is 1.34. The molecule has 21 heavy (non-hydrogen) atoms. The highest BCUT2D eigenvalue weighted by Crippen LogP contribution is 2.28. The third-order valence-corrected chi connectivity index (χ3v) is 5.60.